The summed E-state index contributed by atoms with van der Waals surface area (Å²) in [6.45, 7) is 2.69. The van der Waals surface area contributed by atoms with Crippen molar-refractivity contribution in [3.63, 3.8) is 0 Å². The zero-order chi connectivity index (χ0) is 12.4. The maximum Gasteiger partial charge on any atom is 0.176 e. The van der Waals surface area contributed by atoms with E-state index in [2.05, 4.69) is 9.88 Å². The molecule has 0 amide bonds. The van der Waals surface area contributed by atoms with Crippen LogP contribution in [0.2, 0.25) is 0 Å². The number of nitrogens with zero attached hydrogens (tertiary/aromatic N) is 1. The molecule has 0 spiro atoms. The molecule has 3 rings (SSSR count). The highest BCUT2D eigenvalue weighted by Crippen LogP contribution is 2.16. The fraction of sp³-hybridized carbons (Fsp3) is 0.400. The Morgan fingerprint density at radius 1 is 1.17 bits per heavy atom. The molecule has 1 aliphatic rings. The minimum Gasteiger partial charge on any atom is -0.361 e. The SMILES string of the molecule is O=C(CN1CCCCC1)c1ccc2cc[nH]c2c1. The van der Waals surface area contributed by atoms with Gasteiger partial charge in [0.1, 0.15) is 0 Å². The van der Waals surface area contributed by atoms with Crippen LogP contribution in [0.15, 0.2) is 30.5 Å². The number of nitrogens with one attached hydrogen (secondary N) is 1. The summed E-state index contributed by atoms with van der Waals surface area (Å²) in [4.78, 5) is 17.6. The molecule has 0 bridgehead atoms. The monoisotopic (exact) mass is 242 g/mol. The van der Waals surface area contributed by atoms with Crippen LogP contribution in [0, 0.1) is 0 Å². The number of fused-ring (bicyclic) bond motifs is 1. The number of likely N-dealkylation sites (tertiary alicyclic amines) is 1. The second-order valence-corrected chi connectivity index (χ2v) is 5.04. The number of Topliss-reactive ketones (excluding diaryl/α,β-unsaturated/α-hetero) is 1. The molecule has 1 aromatic heterocycles. The van der Waals surface area contributed by atoms with Crippen molar-refractivity contribution in [2.24, 2.45) is 0 Å². The van der Waals surface area contributed by atoms with Crippen molar-refractivity contribution in [3.05, 3.63) is 36.0 Å². The van der Waals surface area contributed by atoms with E-state index in [-0.39, 0.29) is 5.78 Å². The van der Waals surface area contributed by atoms with E-state index in [0.717, 1.165) is 29.6 Å². The van der Waals surface area contributed by atoms with Crippen molar-refractivity contribution in [1.29, 1.82) is 0 Å². The number of benzene rings is 1. The number of aromatic amines is 1. The molecule has 0 aliphatic carbocycles. The molecule has 0 unspecified atom stereocenters. The molecule has 1 N–H and O–H groups in total. The molecule has 1 saturated heterocycles. The number of piperidine rings is 1. The lowest BCUT2D eigenvalue weighted by Crippen LogP contribution is -2.34. The molecule has 0 saturated carbocycles. The maximum atomic E-state index is 12.2. The van der Waals surface area contributed by atoms with Crippen LogP contribution in [0.4, 0.5) is 0 Å². The summed E-state index contributed by atoms with van der Waals surface area (Å²) in [5.74, 6) is 0.230. The summed E-state index contributed by atoms with van der Waals surface area (Å²) in [6, 6.07) is 7.92. The summed E-state index contributed by atoms with van der Waals surface area (Å²) in [5.41, 5.74) is 1.86. The van der Waals surface area contributed by atoms with Gasteiger partial charge in [-0.05, 0) is 43.5 Å². The van der Waals surface area contributed by atoms with E-state index in [1.54, 1.807) is 0 Å². The van der Waals surface area contributed by atoms with Gasteiger partial charge < -0.3 is 4.98 Å². The Hall–Kier alpha value is -1.61. The fourth-order valence-electron chi connectivity index (χ4n) is 2.63. The van der Waals surface area contributed by atoms with Gasteiger partial charge in [0.15, 0.2) is 5.78 Å². The average Bonchev–Trinajstić information content (AvgIpc) is 2.87. The lowest BCUT2D eigenvalue weighted by Gasteiger charge is -2.25. The number of carbonyl (C=O) groups is 1. The standard InChI is InChI=1S/C15H18N2O/c18-15(11-17-8-2-1-3-9-17)13-5-4-12-6-7-16-14(12)10-13/h4-7,10,16H,1-3,8-9,11H2. The Labute approximate surface area is 107 Å². The van der Waals surface area contributed by atoms with E-state index < -0.39 is 0 Å². The molecular formula is C15H18N2O. The van der Waals surface area contributed by atoms with E-state index in [9.17, 15) is 4.79 Å². The normalized spacial score (nSPS) is 17.1. The largest absolute Gasteiger partial charge is 0.361 e. The first kappa shape index (κ1) is 11.5. The summed E-state index contributed by atoms with van der Waals surface area (Å²) in [5, 5.41) is 1.16. The first-order chi connectivity index (χ1) is 8.83. The minimum atomic E-state index is 0.230. The summed E-state index contributed by atoms with van der Waals surface area (Å²) < 4.78 is 0. The van der Waals surface area contributed by atoms with Gasteiger partial charge in [-0.1, -0.05) is 18.6 Å². The van der Waals surface area contributed by atoms with Gasteiger partial charge in [0.25, 0.3) is 0 Å². The molecule has 3 nitrogen and oxygen atoms in total. The van der Waals surface area contributed by atoms with E-state index in [1.807, 2.05) is 30.5 Å². The van der Waals surface area contributed by atoms with Crippen molar-refractivity contribution >= 4 is 16.7 Å². The van der Waals surface area contributed by atoms with Crippen molar-refractivity contribution < 1.29 is 4.79 Å². The van der Waals surface area contributed by atoms with Crippen LogP contribution < -0.4 is 0 Å². The van der Waals surface area contributed by atoms with Crippen molar-refractivity contribution in [2.75, 3.05) is 19.6 Å². The predicted molar refractivity (Wildman–Crippen MR) is 72.9 cm³/mol. The third-order valence-corrected chi connectivity index (χ3v) is 3.69. The molecule has 94 valence electrons. The first-order valence-corrected chi connectivity index (χ1v) is 6.66. The van der Waals surface area contributed by atoms with Gasteiger partial charge >= 0.3 is 0 Å². The molecule has 2 heterocycles. The van der Waals surface area contributed by atoms with Crippen LogP contribution in [0.1, 0.15) is 29.6 Å². The highest BCUT2D eigenvalue weighted by atomic mass is 16.1. The molecular weight excluding hydrogens is 224 g/mol. The Kier molecular flexibility index (Phi) is 3.15. The Morgan fingerprint density at radius 3 is 2.83 bits per heavy atom. The van der Waals surface area contributed by atoms with Gasteiger partial charge in [0.05, 0.1) is 6.54 Å². The number of hydrogen-bond donors (Lipinski definition) is 1. The third-order valence-electron chi connectivity index (χ3n) is 3.69. The minimum absolute atomic E-state index is 0.230. The number of H-pyrrole nitrogens is 1. The van der Waals surface area contributed by atoms with E-state index in [0.29, 0.717) is 6.54 Å². The fourth-order valence-corrected chi connectivity index (χ4v) is 2.63. The lowest BCUT2D eigenvalue weighted by atomic mass is 10.1. The van der Waals surface area contributed by atoms with Gasteiger partial charge in [0.2, 0.25) is 0 Å². The number of hydrogen-bond acceptors (Lipinski definition) is 2. The van der Waals surface area contributed by atoms with E-state index >= 15 is 0 Å². The Morgan fingerprint density at radius 2 is 2.00 bits per heavy atom. The third kappa shape index (κ3) is 2.31. The molecule has 0 atom stereocenters. The van der Waals surface area contributed by atoms with Crippen molar-refractivity contribution in [1.82, 2.24) is 9.88 Å². The average molecular weight is 242 g/mol. The quantitative estimate of drug-likeness (QED) is 0.840. The highest BCUT2D eigenvalue weighted by molar-refractivity contribution is 6.00. The maximum absolute atomic E-state index is 12.2. The van der Waals surface area contributed by atoms with Crippen molar-refractivity contribution in [3.8, 4) is 0 Å². The van der Waals surface area contributed by atoms with Crippen LogP contribution in [0.5, 0.6) is 0 Å². The number of aromatic nitrogens is 1. The number of carbonyl (C=O) groups excluding carboxylic acids is 1. The van der Waals surface area contributed by atoms with Crippen LogP contribution in [-0.2, 0) is 0 Å². The summed E-state index contributed by atoms with van der Waals surface area (Å²) in [7, 11) is 0. The molecule has 0 radical (unpaired) electrons. The zero-order valence-electron chi connectivity index (χ0n) is 10.5. The van der Waals surface area contributed by atoms with Crippen LogP contribution in [0.3, 0.4) is 0 Å². The molecule has 18 heavy (non-hydrogen) atoms. The first-order valence-electron chi connectivity index (χ1n) is 6.66. The van der Waals surface area contributed by atoms with Gasteiger partial charge in [-0.25, -0.2) is 0 Å². The molecule has 3 heteroatoms. The molecule has 1 aromatic carbocycles. The zero-order valence-corrected chi connectivity index (χ0v) is 10.5. The van der Waals surface area contributed by atoms with Gasteiger partial charge in [-0.15, -0.1) is 0 Å². The lowest BCUT2D eigenvalue weighted by molar-refractivity contribution is 0.0916. The van der Waals surface area contributed by atoms with Crippen LogP contribution >= 0.6 is 0 Å². The predicted octanol–water partition coefficient (Wildman–Crippen LogP) is 2.84. The topological polar surface area (TPSA) is 36.1 Å². The van der Waals surface area contributed by atoms with Gasteiger partial charge in [-0.3, -0.25) is 9.69 Å². The number of rotatable bonds is 3. The molecule has 2 aromatic rings. The molecule has 1 fully saturated rings. The van der Waals surface area contributed by atoms with Crippen molar-refractivity contribution in [2.45, 2.75) is 19.3 Å². The number of ketones is 1. The van der Waals surface area contributed by atoms with E-state index in [4.69, 9.17) is 0 Å². The van der Waals surface area contributed by atoms with Crippen LogP contribution in [-0.4, -0.2) is 35.3 Å². The van der Waals surface area contributed by atoms with E-state index in [1.165, 1.54) is 19.3 Å². The van der Waals surface area contributed by atoms with Crippen LogP contribution in [0.25, 0.3) is 10.9 Å². The van der Waals surface area contributed by atoms with Gasteiger partial charge in [0, 0.05) is 17.3 Å². The second kappa shape index (κ2) is 4.94. The highest BCUT2D eigenvalue weighted by Gasteiger charge is 2.15. The summed E-state index contributed by atoms with van der Waals surface area (Å²) in [6.07, 6.45) is 5.66. The Balaban J connectivity index is 1.74. The second-order valence-electron chi connectivity index (χ2n) is 5.04. The molecule has 1 aliphatic heterocycles. The smallest absolute Gasteiger partial charge is 0.176 e. The van der Waals surface area contributed by atoms with Gasteiger partial charge in [-0.2, -0.15) is 0 Å². The summed E-state index contributed by atoms with van der Waals surface area (Å²) >= 11 is 0. The Bertz CT molecular complexity index is 552.